The van der Waals surface area contributed by atoms with E-state index >= 15 is 0 Å². The molecule has 58 heavy (non-hydrogen) atoms. The van der Waals surface area contributed by atoms with Crippen LogP contribution in [-0.4, -0.2) is 87.2 Å². The standard InChI is InChI=1S/C47H80O9Si2/c1-17-37(56-58(15,16)46(9,10)11)33(5)43-38(51-43)28-31(3)41(50)36(48)27-32(4)42-30(2)23-24-39-47(12,54-44(52-39)34-21-19-18-20-22-34)26-25-35(29-40(49)53-42)55-57(13,14)45(6,7)8/h18-24,27,30-31,33,35-39,41-44,48,50H,17,25-26,28-29H2,1-16H3/b24-23-,32-27+/t30-,31-,33+,35+,36?,37-,38+,39-,41?,42-,43+,44?,47+/m0/s1. The van der Waals surface area contributed by atoms with Gasteiger partial charge in [-0.2, -0.15) is 0 Å². The number of aliphatic hydroxyl groups is 2. The quantitative estimate of drug-likeness (QED) is 0.0817. The van der Waals surface area contributed by atoms with Crippen LogP contribution in [0.2, 0.25) is 36.3 Å². The highest BCUT2D eigenvalue weighted by Gasteiger charge is 2.50. The molecule has 4 rings (SSSR count). The first-order valence-electron chi connectivity index (χ1n) is 22.0. The van der Waals surface area contributed by atoms with Gasteiger partial charge < -0.3 is 38.0 Å². The van der Waals surface area contributed by atoms with Gasteiger partial charge in [0.15, 0.2) is 22.9 Å². The molecule has 0 aliphatic carbocycles. The van der Waals surface area contributed by atoms with E-state index in [1.165, 1.54) is 0 Å². The van der Waals surface area contributed by atoms with Crippen molar-refractivity contribution in [3.05, 3.63) is 59.7 Å². The molecule has 0 bridgehead atoms. The summed E-state index contributed by atoms with van der Waals surface area (Å²) < 4.78 is 39.5. The largest absolute Gasteiger partial charge is 0.457 e. The Labute approximate surface area is 353 Å². The molecule has 0 aromatic heterocycles. The van der Waals surface area contributed by atoms with E-state index in [-0.39, 0.29) is 70.7 Å². The Balaban J connectivity index is 1.51. The van der Waals surface area contributed by atoms with E-state index in [1.807, 2.05) is 63.3 Å². The molecule has 2 saturated heterocycles. The Morgan fingerprint density at radius 1 is 0.983 bits per heavy atom. The van der Waals surface area contributed by atoms with E-state index in [0.29, 0.717) is 24.8 Å². The lowest BCUT2D eigenvalue weighted by atomic mass is 9.88. The fourth-order valence-electron chi connectivity index (χ4n) is 7.88. The first kappa shape index (κ1) is 49.0. The third kappa shape index (κ3) is 12.2. The van der Waals surface area contributed by atoms with Crippen molar-refractivity contribution in [3.63, 3.8) is 0 Å². The van der Waals surface area contributed by atoms with E-state index < -0.39 is 46.8 Å². The molecule has 2 fully saturated rings. The topological polar surface area (TPSA) is 116 Å². The Bertz CT molecular complexity index is 1550. The summed E-state index contributed by atoms with van der Waals surface area (Å²) in [4.78, 5) is 13.9. The molecule has 0 radical (unpaired) electrons. The number of rotatable bonds is 14. The van der Waals surface area contributed by atoms with Crippen LogP contribution in [0.15, 0.2) is 54.1 Å². The highest BCUT2D eigenvalue weighted by molar-refractivity contribution is 6.74. The molecule has 11 heteroatoms. The average molecular weight is 845 g/mol. The number of carbonyl (C=O) groups is 1. The first-order valence-corrected chi connectivity index (χ1v) is 27.8. The number of cyclic esters (lactones) is 1. The second kappa shape index (κ2) is 19.2. The van der Waals surface area contributed by atoms with Gasteiger partial charge in [-0.05, 0) is 87.3 Å². The van der Waals surface area contributed by atoms with Crippen LogP contribution in [0.25, 0.3) is 0 Å². The maximum Gasteiger partial charge on any atom is 0.308 e. The van der Waals surface area contributed by atoms with Gasteiger partial charge in [-0.25, -0.2) is 0 Å². The number of aliphatic hydroxyl groups excluding tert-OH is 2. The van der Waals surface area contributed by atoms with Crippen molar-refractivity contribution in [2.24, 2.45) is 17.8 Å². The monoisotopic (exact) mass is 845 g/mol. The minimum absolute atomic E-state index is 0.00172. The summed E-state index contributed by atoms with van der Waals surface area (Å²) in [7, 11) is -4.20. The summed E-state index contributed by atoms with van der Waals surface area (Å²) >= 11 is 0. The number of hydrogen-bond donors (Lipinski definition) is 2. The molecule has 3 aliphatic rings. The van der Waals surface area contributed by atoms with Gasteiger partial charge in [0.1, 0.15) is 12.2 Å². The van der Waals surface area contributed by atoms with Crippen molar-refractivity contribution in [1.29, 1.82) is 0 Å². The molecular weight excluding hydrogens is 765 g/mol. The van der Waals surface area contributed by atoms with Crippen LogP contribution in [-0.2, 0) is 32.6 Å². The zero-order chi connectivity index (χ0) is 43.6. The highest BCUT2D eigenvalue weighted by Crippen LogP contribution is 2.45. The zero-order valence-electron chi connectivity index (χ0n) is 38.8. The lowest BCUT2D eigenvalue weighted by molar-refractivity contribution is -0.151. The van der Waals surface area contributed by atoms with Gasteiger partial charge in [0.25, 0.3) is 0 Å². The summed E-state index contributed by atoms with van der Waals surface area (Å²) in [6.45, 7) is 34.7. The van der Waals surface area contributed by atoms with Crippen molar-refractivity contribution in [1.82, 2.24) is 0 Å². The van der Waals surface area contributed by atoms with E-state index in [9.17, 15) is 15.0 Å². The molecule has 0 saturated carbocycles. The van der Waals surface area contributed by atoms with Crippen molar-refractivity contribution in [3.8, 4) is 0 Å². The van der Waals surface area contributed by atoms with Crippen LogP contribution < -0.4 is 0 Å². The van der Waals surface area contributed by atoms with Crippen molar-refractivity contribution >= 4 is 22.6 Å². The van der Waals surface area contributed by atoms with Crippen molar-refractivity contribution < 1.29 is 42.8 Å². The maximum atomic E-state index is 13.9. The average Bonchev–Trinajstić information content (AvgIpc) is 3.81. The molecule has 1 aromatic rings. The number of benzene rings is 1. The SMILES string of the molecule is CC[C@H](O[Si](C)(C)C(C)(C)C)[C@@H](C)[C@H]1O[C@@H]1C[C@H](C)C(O)C(O)/C=C(\C)[C@H]1OC(=O)C[C@H](O[Si](C)(C)C(C)(C)C)CC[C@@]2(C)OC(c3ccccc3)O[C@H]2/C=C\[C@@H]1C. The molecule has 0 spiro atoms. The Morgan fingerprint density at radius 3 is 2.19 bits per heavy atom. The van der Waals surface area contributed by atoms with E-state index in [0.717, 1.165) is 12.0 Å². The van der Waals surface area contributed by atoms with Crippen LogP contribution in [0.4, 0.5) is 0 Å². The molecule has 13 atom stereocenters. The summed E-state index contributed by atoms with van der Waals surface area (Å²) in [5, 5.41) is 22.9. The van der Waals surface area contributed by atoms with Crippen LogP contribution in [0, 0.1) is 17.8 Å². The fraction of sp³-hybridized carbons (Fsp3) is 0.766. The number of esters is 1. The third-order valence-corrected chi connectivity index (χ3v) is 23.1. The van der Waals surface area contributed by atoms with Crippen molar-refractivity contribution in [2.45, 2.75) is 212 Å². The van der Waals surface area contributed by atoms with Crippen LogP contribution in [0.1, 0.15) is 127 Å². The minimum Gasteiger partial charge on any atom is -0.457 e. The molecular formula is C47H80O9Si2. The predicted octanol–water partition coefficient (Wildman–Crippen LogP) is 10.4. The van der Waals surface area contributed by atoms with Crippen LogP contribution in [0.3, 0.4) is 0 Å². The lowest BCUT2D eigenvalue weighted by Crippen LogP contribution is -2.46. The van der Waals surface area contributed by atoms with Gasteiger partial charge in [0.05, 0.1) is 42.5 Å². The lowest BCUT2D eigenvalue weighted by Gasteiger charge is -2.40. The van der Waals surface area contributed by atoms with Crippen LogP contribution in [0.5, 0.6) is 0 Å². The molecule has 3 unspecified atom stereocenters. The van der Waals surface area contributed by atoms with Gasteiger partial charge >= 0.3 is 5.97 Å². The number of ether oxygens (including phenoxy) is 4. The van der Waals surface area contributed by atoms with Crippen molar-refractivity contribution in [2.75, 3.05) is 0 Å². The van der Waals surface area contributed by atoms with E-state index in [4.69, 9.17) is 27.8 Å². The van der Waals surface area contributed by atoms with Gasteiger partial charge in [-0.3, -0.25) is 4.79 Å². The van der Waals surface area contributed by atoms with E-state index in [1.54, 1.807) is 6.08 Å². The highest BCUT2D eigenvalue weighted by atomic mass is 28.4. The van der Waals surface area contributed by atoms with Gasteiger partial charge in [-0.1, -0.05) is 118 Å². The summed E-state index contributed by atoms with van der Waals surface area (Å²) in [5.74, 6) is -0.637. The summed E-state index contributed by atoms with van der Waals surface area (Å²) in [5.41, 5.74) is 0.953. The second-order valence-corrected chi connectivity index (χ2v) is 30.6. The van der Waals surface area contributed by atoms with Crippen LogP contribution >= 0.6 is 0 Å². The summed E-state index contributed by atoms with van der Waals surface area (Å²) in [6, 6.07) is 9.97. The third-order valence-electron chi connectivity index (χ3n) is 14.1. The second-order valence-electron chi connectivity index (χ2n) is 21.1. The van der Waals surface area contributed by atoms with Gasteiger partial charge in [0.2, 0.25) is 0 Å². The number of fused-ring (bicyclic) bond motifs is 1. The molecule has 330 valence electrons. The molecule has 3 aliphatic heterocycles. The van der Waals surface area contributed by atoms with E-state index in [2.05, 4.69) is 88.5 Å². The molecule has 9 nitrogen and oxygen atoms in total. The molecule has 2 N–H and O–H groups in total. The van der Waals surface area contributed by atoms with Gasteiger partial charge in [-0.15, -0.1) is 0 Å². The van der Waals surface area contributed by atoms with Gasteiger partial charge in [0, 0.05) is 23.5 Å². The number of epoxide rings is 1. The predicted molar refractivity (Wildman–Crippen MR) is 237 cm³/mol. The molecule has 1 aromatic carbocycles. The summed E-state index contributed by atoms with van der Waals surface area (Å²) in [6.07, 6.45) is 4.60. The first-order chi connectivity index (χ1) is 26.7. The molecule has 0 amide bonds. The number of carbonyl (C=O) groups excluding carboxylic acids is 1. The smallest absolute Gasteiger partial charge is 0.308 e. The molecule has 3 heterocycles. The maximum absolute atomic E-state index is 13.9. The number of hydrogen-bond acceptors (Lipinski definition) is 9. The zero-order valence-corrected chi connectivity index (χ0v) is 40.8. The Hall–Kier alpha value is -1.68. The minimum atomic E-state index is -2.26. The Morgan fingerprint density at radius 2 is 1.60 bits per heavy atom. The fourth-order valence-corrected chi connectivity index (χ4v) is 10.8. The Kier molecular flexibility index (Phi) is 16.2. The normalized spacial score (nSPS) is 32.5.